The van der Waals surface area contributed by atoms with E-state index in [0.29, 0.717) is 0 Å². The molecule has 2 heteroatoms. The van der Waals surface area contributed by atoms with E-state index in [-0.39, 0.29) is 18.9 Å². The van der Waals surface area contributed by atoms with Crippen molar-refractivity contribution in [1.29, 1.82) is 0 Å². The molecule has 1 nitrogen and oxygen atoms in total. The smallest absolute Gasteiger partial charge is 0.264 e. The third-order valence-corrected chi connectivity index (χ3v) is 1.78. The van der Waals surface area contributed by atoms with Crippen LogP contribution in [0.3, 0.4) is 0 Å². The molecule has 1 aromatic heterocycles. The SMILES string of the molecule is [CH2-]c1cccc2ccc[nH+]c12.[Li+]. The Morgan fingerprint density at radius 2 is 1.83 bits per heavy atom. The van der Waals surface area contributed by atoms with Crippen LogP contribution in [0.25, 0.3) is 10.9 Å². The third kappa shape index (κ3) is 1.48. The zero-order valence-electron chi connectivity index (χ0n) is 7.17. The van der Waals surface area contributed by atoms with Gasteiger partial charge < -0.3 is 0 Å². The van der Waals surface area contributed by atoms with Crippen molar-refractivity contribution >= 4 is 10.9 Å². The second-order valence-electron chi connectivity index (χ2n) is 2.55. The summed E-state index contributed by atoms with van der Waals surface area (Å²) in [7, 11) is 0. The first kappa shape index (κ1) is 9.19. The van der Waals surface area contributed by atoms with E-state index in [2.05, 4.69) is 24.0 Å². The quantitative estimate of drug-likeness (QED) is 0.332. The summed E-state index contributed by atoms with van der Waals surface area (Å²) in [5.74, 6) is 0. The standard InChI is InChI=1S/C10H8N.Li/c1-8-4-2-5-9-6-3-7-11-10(8)9;/h2-7H,1H2;/q-1;+1/p+1. The Hall–Kier alpha value is -0.903. The molecule has 0 aliphatic rings. The van der Waals surface area contributed by atoms with Crippen molar-refractivity contribution in [3.63, 3.8) is 0 Å². The van der Waals surface area contributed by atoms with Crippen molar-refractivity contribution in [3.8, 4) is 0 Å². The second kappa shape index (κ2) is 3.67. The third-order valence-electron chi connectivity index (χ3n) is 1.78. The van der Waals surface area contributed by atoms with E-state index < -0.39 is 0 Å². The van der Waals surface area contributed by atoms with Gasteiger partial charge in [-0.1, -0.05) is 12.1 Å². The summed E-state index contributed by atoms with van der Waals surface area (Å²) in [5, 5.41) is 1.21. The number of hydrogen-bond donors (Lipinski definition) is 0. The van der Waals surface area contributed by atoms with Crippen LogP contribution < -0.4 is 23.8 Å². The van der Waals surface area contributed by atoms with E-state index in [4.69, 9.17) is 0 Å². The van der Waals surface area contributed by atoms with Crippen LogP contribution in [0.5, 0.6) is 0 Å². The van der Waals surface area contributed by atoms with E-state index in [0.717, 1.165) is 11.1 Å². The van der Waals surface area contributed by atoms with Crippen molar-refractivity contribution in [1.82, 2.24) is 0 Å². The monoisotopic (exact) mass is 150 g/mol. The minimum Gasteiger partial charge on any atom is -0.264 e. The first-order chi connectivity index (χ1) is 5.38. The molecule has 0 atom stereocenters. The van der Waals surface area contributed by atoms with Gasteiger partial charge in [-0.15, -0.1) is 11.6 Å². The fourth-order valence-corrected chi connectivity index (χ4v) is 1.22. The Morgan fingerprint density at radius 3 is 2.58 bits per heavy atom. The van der Waals surface area contributed by atoms with Gasteiger partial charge in [-0.25, -0.2) is 0 Å². The number of fused-ring (bicyclic) bond motifs is 1. The second-order valence-corrected chi connectivity index (χ2v) is 2.55. The molecular weight excluding hydrogens is 141 g/mol. The number of aromatic nitrogens is 1. The fourth-order valence-electron chi connectivity index (χ4n) is 1.22. The van der Waals surface area contributed by atoms with Crippen LogP contribution in [0, 0.1) is 6.92 Å². The van der Waals surface area contributed by atoms with E-state index in [1.165, 1.54) is 5.39 Å². The summed E-state index contributed by atoms with van der Waals surface area (Å²) < 4.78 is 0. The van der Waals surface area contributed by atoms with Gasteiger partial charge in [0.1, 0.15) is 5.52 Å². The van der Waals surface area contributed by atoms with Crippen LogP contribution in [0.15, 0.2) is 36.5 Å². The number of rotatable bonds is 0. The van der Waals surface area contributed by atoms with Crippen molar-refractivity contribution in [2.45, 2.75) is 0 Å². The van der Waals surface area contributed by atoms with Gasteiger partial charge in [0.15, 0.2) is 6.20 Å². The molecule has 2 aromatic rings. The van der Waals surface area contributed by atoms with Gasteiger partial charge in [0.05, 0.1) is 0 Å². The van der Waals surface area contributed by atoms with E-state index >= 15 is 0 Å². The van der Waals surface area contributed by atoms with Crippen molar-refractivity contribution in [2.75, 3.05) is 0 Å². The molecule has 0 fully saturated rings. The molecule has 1 aromatic carbocycles. The largest absolute Gasteiger partial charge is 1.00 e. The average Bonchev–Trinajstić information content (AvgIpc) is 2.06. The van der Waals surface area contributed by atoms with Gasteiger partial charge in [0.25, 0.3) is 0 Å². The van der Waals surface area contributed by atoms with Gasteiger partial charge in [-0.05, 0) is 5.39 Å². The molecule has 0 spiro atoms. The minimum atomic E-state index is 0. The summed E-state index contributed by atoms with van der Waals surface area (Å²) in [6.45, 7) is 3.92. The van der Waals surface area contributed by atoms with Crippen LogP contribution in [-0.4, -0.2) is 0 Å². The Balaban J connectivity index is 0.000000720. The van der Waals surface area contributed by atoms with Gasteiger partial charge in [-0.2, -0.15) is 13.0 Å². The molecular formula is C10H9LiN+. The average molecular weight is 150 g/mol. The zero-order chi connectivity index (χ0) is 7.68. The summed E-state index contributed by atoms with van der Waals surface area (Å²) in [6, 6.07) is 10.1. The maximum Gasteiger partial charge on any atom is 1.00 e. The first-order valence-electron chi connectivity index (χ1n) is 3.59. The van der Waals surface area contributed by atoms with Crippen molar-refractivity contribution < 1.29 is 23.8 Å². The molecule has 0 saturated heterocycles. The van der Waals surface area contributed by atoms with Crippen LogP contribution >= 0.6 is 0 Å². The number of aromatic amines is 1. The first-order valence-corrected chi connectivity index (χ1v) is 3.59. The van der Waals surface area contributed by atoms with Crippen LogP contribution in [0.4, 0.5) is 0 Å². The predicted molar refractivity (Wildman–Crippen MR) is 45.0 cm³/mol. The Kier molecular flexibility index (Phi) is 2.81. The molecule has 0 saturated carbocycles. The molecule has 0 radical (unpaired) electrons. The number of hydrogen-bond acceptors (Lipinski definition) is 0. The van der Waals surface area contributed by atoms with Gasteiger partial charge >= 0.3 is 18.9 Å². The van der Waals surface area contributed by atoms with Crippen molar-refractivity contribution in [2.24, 2.45) is 0 Å². The van der Waals surface area contributed by atoms with E-state index in [1.54, 1.807) is 0 Å². The van der Waals surface area contributed by atoms with Gasteiger partial charge in [0, 0.05) is 6.07 Å². The van der Waals surface area contributed by atoms with E-state index in [1.807, 2.05) is 24.4 Å². The molecule has 2 rings (SSSR count). The summed E-state index contributed by atoms with van der Waals surface area (Å²) >= 11 is 0. The number of para-hydroxylation sites is 1. The molecule has 1 heterocycles. The van der Waals surface area contributed by atoms with Gasteiger partial charge in [0.2, 0.25) is 0 Å². The summed E-state index contributed by atoms with van der Waals surface area (Å²) in [5.41, 5.74) is 2.16. The number of benzene rings is 1. The molecule has 0 aliphatic carbocycles. The van der Waals surface area contributed by atoms with Crippen molar-refractivity contribution in [3.05, 3.63) is 49.0 Å². The van der Waals surface area contributed by atoms with Crippen LogP contribution in [0.2, 0.25) is 0 Å². The molecule has 0 unspecified atom stereocenters. The van der Waals surface area contributed by atoms with Crippen LogP contribution in [-0.2, 0) is 0 Å². The maximum atomic E-state index is 3.92. The number of pyridine rings is 1. The minimum absolute atomic E-state index is 0. The molecule has 12 heavy (non-hydrogen) atoms. The van der Waals surface area contributed by atoms with Gasteiger partial charge in [-0.3, -0.25) is 4.98 Å². The predicted octanol–water partition coefficient (Wildman–Crippen LogP) is -1.16. The Labute approximate surface area is 84.0 Å². The zero-order valence-corrected chi connectivity index (χ0v) is 7.17. The molecule has 54 valence electrons. The molecule has 1 N–H and O–H groups in total. The number of nitrogens with one attached hydrogen (secondary N) is 1. The van der Waals surface area contributed by atoms with Crippen LogP contribution in [0.1, 0.15) is 5.56 Å². The number of H-pyrrole nitrogens is 1. The summed E-state index contributed by atoms with van der Waals surface area (Å²) in [4.78, 5) is 3.16. The summed E-state index contributed by atoms with van der Waals surface area (Å²) in [6.07, 6.45) is 1.91. The fraction of sp³-hybridized carbons (Fsp3) is 0. The Morgan fingerprint density at radius 1 is 1.08 bits per heavy atom. The topological polar surface area (TPSA) is 14.1 Å². The Bertz CT molecular complexity index is 379. The molecule has 0 aliphatic heterocycles. The molecule has 0 bridgehead atoms. The maximum absolute atomic E-state index is 3.92. The normalized spacial score (nSPS) is 9.33. The molecule has 0 amide bonds. The van der Waals surface area contributed by atoms with E-state index in [9.17, 15) is 0 Å².